The molecule has 0 atom stereocenters. The Morgan fingerprint density at radius 1 is 0.969 bits per heavy atom. The van der Waals surface area contributed by atoms with E-state index in [4.69, 9.17) is 0 Å². The summed E-state index contributed by atoms with van der Waals surface area (Å²) >= 11 is 0. The highest BCUT2D eigenvalue weighted by molar-refractivity contribution is 7.88. The highest BCUT2D eigenvalue weighted by Gasteiger charge is 2.30. The number of aromatic nitrogens is 4. The molecule has 0 aliphatic carbocycles. The van der Waals surface area contributed by atoms with E-state index in [0.717, 1.165) is 41.2 Å². The largest absolute Gasteiger partial charge is 0.416 e. The summed E-state index contributed by atoms with van der Waals surface area (Å²) in [6.07, 6.45) is -4.46. The van der Waals surface area contributed by atoms with Crippen molar-refractivity contribution in [2.45, 2.75) is 32.7 Å². The standard InChI is InChI=1S/C20H23F3N6O2S/c1-13-14(2)28-29(15(13)3)19-9-8-18(26-27-19)24-10-11-25-32(30,31)12-16-4-6-17(7-5-16)20(21,22)23/h4-9,25H,10-12H2,1-3H3,(H,24,26). The first-order valence-corrected chi connectivity index (χ1v) is 11.4. The number of alkyl halides is 3. The van der Waals surface area contributed by atoms with Crippen molar-refractivity contribution >= 4 is 15.8 Å². The lowest BCUT2D eigenvalue weighted by Gasteiger charge is -2.10. The summed E-state index contributed by atoms with van der Waals surface area (Å²) in [5.41, 5.74) is 2.41. The van der Waals surface area contributed by atoms with Gasteiger partial charge in [-0.25, -0.2) is 17.8 Å². The van der Waals surface area contributed by atoms with Gasteiger partial charge in [0.2, 0.25) is 10.0 Å². The number of halogens is 3. The molecule has 3 rings (SSSR count). The minimum atomic E-state index is -4.46. The highest BCUT2D eigenvalue weighted by Crippen LogP contribution is 2.29. The lowest BCUT2D eigenvalue weighted by Crippen LogP contribution is -2.30. The van der Waals surface area contributed by atoms with Crippen molar-refractivity contribution in [3.63, 3.8) is 0 Å². The summed E-state index contributed by atoms with van der Waals surface area (Å²) in [6.45, 7) is 6.17. The molecule has 2 aromatic heterocycles. The van der Waals surface area contributed by atoms with Gasteiger partial charge in [0.25, 0.3) is 0 Å². The zero-order valence-corrected chi connectivity index (χ0v) is 18.5. The van der Waals surface area contributed by atoms with Crippen LogP contribution >= 0.6 is 0 Å². The Morgan fingerprint density at radius 2 is 1.66 bits per heavy atom. The van der Waals surface area contributed by atoms with E-state index in [0.29, 0.717) is 11.6 Å². The molecule has 0 unspecified atom stereocenters. The average Bonchev–Trinajstić information content (AvgIpc) is 2.98. The minimum absolute atomic E-state index is 0.0725. The number of aryl methyl sites for hydroxylation is 1. The summed E-state index contributed by atoms with van der Waals surface area (Å²) in [4.78, 5) is 0. The first kappa shape index (κ1) is 23.7. The number of sulfonamides is 1. The van der Waals surface area contributed by atoms with Gasteiger partial charge in [0.1, 0.15) is 5.82 Å². The normalized spacial score (nSPS) is 12.2. The van der Waals surface area contributed by atoms with Crippen LogP contribution in [-0.2, 0) is 22.0 Å². The fraction of sp³-hybridized carbons (Fsp3) is 0.350. The van der Waals surface area contributed by atoms with Crippen LogP contribution in [0.15, 0.2) is 36.4 Å². The van der Waals surface area contributed by atoms with Gasteiger partial charge in [-0.1, -0.05) is 12.1 Å². The average molecular weight is 469 g/mol. The summed E-state index contributed by atoms with van der Waals surface area (Å²) in [5.74, 6) is 0.622. The molecule has 8 nitrogen and oxygen atoms in total. The van der Waals surface area contributed by atoms with Gasteiger partial charge in [-0.05, 0) is 56.2 Å². The molecule has 2 N–H and O–H groups in total. The van der Waals surface area contributed by atoms with Crippen molar-refractivity contribution in [2.24, 2.45) is 0 Å². The second-order valence-electron chi connectivity index (χ2n) is 7.26. The van der Waals surface area contributed by atoms with Crippen LogP contribution < -0.4 is 10.0 Å². The Kier molecular flexibility index (Phi) is 6.84. The lowest BCUT2D eigenvalue weighted by atomic mass is 10.1. The number of benzene rings is 1. The molecule has 3 aromatic rings. The van der Waals surface area contributed by atoms with E-state index in [1.807, 2.05) is 20.8 Å². The third kappa shape index (κ3) is 5.82. The van der Waals surface area contributed by atoms with Gasteiger partial charge >= 0.3 is 6.18 Å². The van der Waals surface area contributed by atoms with Crippen molar-refractivity contribution in [3.8, 4) is 5.82 Å². The Hall–Kier alpha value is -2.99. The molecule has 0 saturated heterocycles. The molecule has 1 aromatic carbocycles. The SMILES string of the molecule is Cc1nn(-c2ccc(NCCNS(=O)(=O)Cc3ccc(C(F)(F)F)cc3)nn2)c(C)c1C. The third-order valence-corrected chi connectivity index (χ3v) is 6.27. The van der Waals surface area contributed by atoms with Crippen LogP contribution in [0.1, 0.15) is 28.1 Å². The topological polar surface area (TPSA) is 102 Å². The number of nitrogens with one attached hydrogen (secondary N) is 2. The Bertz CT molecular complexity index is 1170. The van der Waals surface area contributed by atoms with Gasteiger partial charge in [0.05, 0.1) is 17.0 Å². The van der Waals surface area contributed by atoms with Crippen LogP contribution in [0.3, 0.4) is 0 Å². The number of anilines is 1. The van der Waals surface area contributed by atoms with Gasteiger partial charge in [0, 0.05) is 18.8 Å². The maximum absolute atomic E-state index is 12.6. The zero-order valence-electron chi connectivity index (χ0n) is 17.7. The third-order valence-electron chi connectivity index (χ3n) is 4.91. The van der Waals surface area contributed by atoms with E-state index >= 15 is 0 Å². The fourth-order valence-electron chi connectivity index (χ4n) is 2.93. The molecule has 32 heavy (non-hydrogen) atoms. The van der Waals surface area contributed by atoms with Crippen LogP contribution in [0, 0.1) is 20.8 Å². The molecular weight excluding hydrogens is 445 g/mol. The molecule has 0 radical (unpaired) electrons. The second-order valence-corrected chi connectivity index (χ2v) is 9.07. The van der Waals surface area contributed by atoms with Gasteiger partial charge in [0.15, 0.2) is 5.82 Å². The van der Waals surface area contributed by atoms with Crippen LogP contribution in [0.5, 0.6) is 0 Å². The predicted octanol–water partition coefficient (Wildman–Crippen LogP) is 3.14. The van der Waals surface area contributed by atoms with E-state index in [-0.39, 0.29) is 18.7 Å². The van der Waals surface area contributed by atoms with Crippen LogP contribution in [0.2, 0.25) is 0 Å². The minimum Gasteiger partial charge on any atom is -0.367 e. The van der Waals surface area contributed by atoms with Crippen molar-refractivity contribution in [1.29, 1.82) is 0 Å². The maximum atomic E-state index is 12.6. The van der Waals surface area contributed by atoms with Gasteiger partial charge in [-0.15, -0.1) is 10.2 Å². The number of hydrogen-bond donors (Lipinski definition) is 2. The molecule has 0 fully saturated rings. The Balaban J connectivity index is 1.49. The van der Waals surface area contributed by atoms with Crippen molar-refractivity contribution in [3.05, 3.63) is 64.5 Å². The molecule has 0 saturated carbocycles. The fourth-order valence-corrected chi connectivity index (χ4v) is 4.08. The van der Waals surface area contributed by atoms with E-state index in [9.17, 15) is 21.6 Å². The second kappa shape index (κ2) is 9.25. The molecule has 0 bridgehead atoms. The molecule has 0 spiro atoms. The highest BCUT2D eigenvalue weighted by atomic mass is 32.2. The summed E-state index contributed by atoms with van der Waals surface area (Å²) in [7, 11) is -3.71. The van der Waals surface area contributed by atoms with Gasteiger partial charge in [-0.3, -0.25) is 0 Å². The molecule has 0 aliphatic rings. The Labute approximate surface area is 183 Å². The van der Waals surface area contributed by atoms with Crippen LogP contribution in [0.4, 0.5) is 19.0 Å². The van der Waals surface area contributed by atoms with Crippen molar-refractivity contribution < 1.29 is 21.6 Å². The number of rotatable bonds is 8. The first-order chi connectivity index (χ1) is 15.0. The quantitative estimate of drug-likeness (QED) is 0.493. The Morgan fingerprint density at radius 3 is 2.19 bits per heavy atom. The molecule has 0 aliphatic heterocycles. The van der Waals surface area contributed by atoms with Crippen LogP contribution in [-0.4, -0.2) is 41.5 Å². The molecule has 172 valence electrons. The number of hydrogen-bond acceptors (Lipinski definition) is 6. The number of nitrogens with zero attached hydrogens (tertiary/aromatic N) is 4. The molecule has 2 heterocycles. The summed E-state index contributed by atoms with van der Waals surface area (Å²) < 4.78 is 66.2. The molecule has 0 amide bonds. The van der Waals surface area contributed by atoms with Gasteiger partial charge < -0.3 is 5.32 Å². The summed E-state index contributed by atoms with van der Waals surface area (Å²) in [6, 6.07) is 7.50. The smallest absolute Gasteiger partial charge is 0.367 e. The van der Waals surface area contributed by atoms with E-state index in [1.165, 1.54) is 0 Å². The predicted molar refractivity (Wildman–Crippen MR) is 114 cm³/mol. The van der Waals surface area contributed by atoms with Gasteiger partial charge in [-0.2, -0.15) is 18.3 Å². The van der Waals surface area contributed by atoms with E-state index in [2.05, 4.69) is 25.3 Å². The van der Waals surface area contributed by atoms with E-state index < -0.39 is 27.5 Å². The molecule has 12 heteroatoms. The van der Waals surface area contributed by atoms with Crippen molar-refractivity contribution in [1.82, 2.24) is 24.7 Å². The summed E-state index contributed by atoms with van der Waals surface area (Å²) in [5, 5.41) is 15.6. The maximum Gasteiger partial charge on any atom is 0.416 e. The van der Waals surface area contributed by atoms with E-state index in [1.54, 1.807) is 16.8 Å². The first-order valence-electron chi connectivity index (χ1n) is 9.70. The van der Waals surface area contributed by atoms with Crippen molar-refractivity contribution in [2.75, 3.05) is 18.4 Å². The van der Waals surface area contributed by atoms with Crippen LogP contribution in [0.25, 0.3) is 5.82 Å². The monoisotopic (exact) mass is 468 g/mol. The zero-order chi connectivity index (χ0) is 23.5. The molecular formula is C20H23F3N6O2S. The lowest BCUT2D eigenvalue weighted by molar-refractivity contribution is -0.137.